The molecule has 0 amide bonds. The van der Waals surface area contributed by atoms with Gasteiger partial charge in [-0.15, -0.1) is 0 Å². The summed E-state index contributed by atoms with van der Waals surface area (Å²) in [5, 5.41) is 18.9. The second-order valence-corrected chi connectivity index (χ2v) is 9.26. The van der Waals surface area contributed by atoms with Crippen molar-refractivity contribution >= 4 is 16.7 Å². The van der Waals surface area contributed by atoms with Crippen molar-refractivity contribution in [3.63, 3.8) is 0 Å². The average molecular weight is 469 g/mol. The van der Waals surface area contributed by atoms with Gasteiger partial charge in [0, 0.05) is 32.2 Å². The molecule has 0 N–H and O–H groups in total. The molecular weight excluding hydrogens is 440 g/mol. The molecule has 1 fully saturated rings. The smallest absolute Gasteiger partial charge is 0.295 e. The zero-order valence-corrected chi connectivity index (χ0v) is 20.2. The monoisotopic (exact) mass is 468 g/mol. The Balaban J connectivity index is 1.58. The Morgan fingerprint density at radius 1 is 1.17 bits per heavy atom. The van der Waals surface area contributed by atoms with E-state index in [9.17, 15) is 15.3 Å². The van der Waals surface area contributed by atoms with E-state index in [4.69, 9.17) is 4.74 Å². The average Bonchev–Trinajstić information content (AvgIpc) is 2.90. The van der Waals surface area contributed by atoms with Crippen molar-refractivity contribution in [1.82, 2.24) is 14.5 Å². The molecule has 2 aliphatic heterocycles. The topological polar surface area (TPSA) is 98.2 Å². The number of aromatic nitrogens is 2. The minimum absolute atomic E-state index is 0.0429. The normalized spacial score (nSPS) is 20.3. The van der Waals surface area contributed by atoms with E-state index < -0.39 is 0 Å². The summed E-state index contributed by atoms with van der Waals surface area (Å²) in [5.74, 6) is 0.316. The van der Waals surface area contributed by atoms with Gasteiger partial charge < -0.3 is 14.2 Å². The number of anilines is 1. The first-order chi connectivity index (χ1) is 17.0. The number of nitrogens with zero attached hydrogens (tertiary/aromatic N) is 6. The van der Waals surface area contributed by atoms with Gasteiger partial charge in [-0.25, -0.2) is 4.98 Å². The number of hydrogen-bond donors (Lipinski definition) is 0. The van der Waals surface area contributed by atoms with E-state index in [1.807, 2.05) is 18.2 Å². The molecule has 0 radical (unpaired) electrons. The lowest BCUT2D eigenvalue weighted by Gasteiger charge is -2.51. The predicted octanol–water partition coefficient (Wildman–Crippen LogP) is 3.49. The summed E-state index contributed by atoms with van der Waals surface area (Å²) in [4.78, 5) is 22.6. The van der Waals surface area contributed by atoms with Gasteiger partial charge in [0.2, 0.25) is 5.75 Å². The third kappa shape index (κ3) is 3.71. The number of pyridine rings is 2. The summed E-state index contributed by atoms with van der Waals surface area (Å²) in [7, 11) is 1.71. The fourth-order valence-corrected chi connectivity index (χ4v) is 5.62. The zero-order chi connectivity index (χ0) is 24.7. The zero-order valence-electron chi connectivity index (χ0n) is 20.2. The molecule has 2 aliphatic rings. The lowest BCUT2D eigenvalue weighted by atomic mass is 9.94. The second-order valence-electron chi connectivity index (χ2n) is 9.26. The van der Waals surface area contributed by atoms with E-state index in [0.29, 0.717) is 40.3 Å². The van der Waals surface area contributed by atoms with Gasteiger partial charge in [0.15, 0.2) is 0 Å². The molecule has 4 heterocycles. The van der Waals surface area contributed by atoms with Crippen molar-refractivity contribution in [1.29, 1.82) is 10.5 Å². The number of aryl methyl sites for hydroxylation is 1. The Labute approximate surface area is 204 Å². The molecule has 8 nitrogen and oxygen atoms in total. The molecule has 1 aromatic carbocycles. The first-order valence-corrected chi connectivity index (χ1v) is 12.1. The van der Waals surface area contributed by atoms with Crippen LogP contribution in [-0.2, 0) is 7.05 Å². The molecular formula is C27H28N6O2. The number of fused-ring (bicyclic) bond motifs is 5. The molecule has 35 heavy (non-hydrogen) atoms. The summed E-state index contributed by atoms with van der Waals surface area (Å²) in [5.41, 5.74) is 3.96. The van der Waals surface area contributed by atoms with Gasteiger partial charge in [0.05, 0.1) is 23.2 Å². The Kier molecular flexibility index (Phi) is 5.92. The number of benzene rings is 1. The van der Waals surface area contributed by atoms with Gasteiger partial charge in [-0.05, 0) is 42.7 Å². The molecule has 3 atom stereocenters. The molecule has 178 valence electrons. The van der Waals surface area contributed by atoms with Crippen LogP contribution in [-0.4, -0.2) is 46.2 Å². The van der Waals surface area contributed by atoms with Crippen molar-refractivity contribution in [2.24, 2.45) is 7.05 Å². The van der Waals surface area contributed by atoms with Crippen LogP contribution in [0.4, 0.5) is 5.69 Å². The van der Waals surface area contributed by atoms with Gasteiger partial charge >= 0.3 is 0 Å². The number of nitriles is 2. The Morgan fingerprint density at radius 3 is 2.71 bits per heavy atom. The van der Waals surface area contributed by atoms with Crippen LogP contribution in [0.3, 0.4) is 0 Å². The van der Waals surface area contributed by atoms with E-state index in [-0.39, 0.29) is 23.7 Å². The number of rotatable bonds is 4. The van der Waals surface area contributed by atoms with E-state index in [1.165, 1.54) is 0 Å². The molecule has 8 heteroatoms. The van der Waals surface area contributed by atoms with Crippen LogP contribution in [0.15, 0.2) is 41.2 Å². The van der Waals surface area contributed by atoms with Crippen LogP contribution in [0.25, 0.3) is 11.0 Å². The Morgan fingerprint density at radius 2 is 2.00 bits per heavy atom. The molecule has 3 aromatic rings. The second kappa shape index (κ2) is 9.05. The minimum atomic E-state index is -0.187. The highest BCUT2D eigenvalue weighted by atomic mass is 16.5. The van der Waals surface area contributed by atoms with Gasteiger partial charge in [-0.2, -0.15) is 10.5 Å². The first kappa shape index (κ1) is 22.9. The quantitative estimate of drug-likeness (QED) is 0.578. The third-order valence-corrected chi connectivity index (χ3v) is 7.39. The van der Waals surface area contributed by atoms with Gasteiger partial charge in [0.1, 0.15) is 29.6 Å². The fourth-order valence-electron chi connectivity index (χ4n) is 5.62. The van der Waals surface area contributed by atoms with Crippen molar-refractivity contribution in [2.45, 2.75) is 44.8 Å². The number of hydrogen-bond acceptors (Lipinski definition) is 7. The summed E-state index contributed by atoms with van der Waals surface area (Å²) < 4.78 is 7.64. The van der Waals surface area contributed by atoms with Gasteiger partial charge in [-0.3, -0.25) is 9.69 Å². The Bertz CT molecular complexity index is 1430. The maximum absolute atomic E-state index is 13.2. The summed E-state index contributed by atoms with van der Waals surface area (Å²) in [6.45, 7) is 6.27. The van der Waals surface area contributed by atoms with Crippen LogP contribution in [0.2, 0.25) is 0 Å². The largest absolute Gasteiger partial charge is 0.484 e. The van der Waals surface area contributed by atoms with Crippen LogP contribution in [0, 0.1) is 22.7 Å². The number of ether oxygens (including phenoxy) is 1. The molecule has 0 saturated carbocycles. The third-order valence-electron chi connectivity index (χ3n) is 7.39. The summed E-state index contributed by atoms with van der Waals surface area (Å²) in [6.07, 6.45) is 1.86. The first-order valence-electron chi connectivity index (χ1n) is 12.1. The molecule has 0 unspecified atom stereocenters. The molecule has 1 saturated heterocycles. The minimum Gasteiger partial charge on any atom is -0.484 e. The highest BCUT2D eigenvalue weighted by Crippen LogP contribution is 2.41. The number of piperazine rings is 1. The molecule has 0 bridgehead atoms. The highest BCUT2D eigenvalue weighted by molar-refractivity contribution is 5.93. The van der Waals surface area contributed by atoms with Gasteiger partial charge in [0.25, 0.3) is 5.56 Å². The standard InChI is InChI=1S/C27H28N6O2/c1-4-20-14-33-21(15-32(20)22(5-2)18-8-6-7-17(11-18)12-28)16-35-26-25(33)24-23(31(3)27(26)34)10-9-19(13-29)30-24/h6-11,20-22H,4-5,14-16H2,1-3H3/t20-,21+,22+/m1/s1. The maximum atomic E-state index is 13.2. The molecule has 0 aliphatic carbocycles. The lowest BCUT2D eigenvalue weighted by molar-refractivity contribution is 0.0720. The Hall–Kier alpha value is -3.88. The fraction of sp³-hybridized carbons (Fsp3) is 0.407. The predicted molar refractivity (Wildman–Crippen MR) is 133 cm³/mol. The SMILES string of the molecule is CC[C@@H]1CN2c3c(c(=O)n(C)c4ccc(C#N)nc34)OC[C@@H]2CN1[C@@H](CC)c1cccc(C#N)c1. The van der Waals surface area contributed by atoms with Crippen molar-refractivity contribution < 1.29 is 4.74 Å². The maximum Gasteiger partial charge on any atom is 0.295 e. The van der Waals surface area contributed by atoms with Crippen LogP contribution in [0.5, 0.6) is 5.75 Å². The van der Waals surface area contributed by atoms with E-state index >= 15 is 0 Å². The summed E-state index contributed by atoms with van der Waals surface area (Å²) >= 11 is 0. The summed E-state index contributed by atoms with van der Waals surface area (Å²) in [6, 6.07) is 16.2. The molecule has 5 rings (SSSR count). The van der Waals surface area contributed by atoms with Crippen molar-refractivity contribution in [3.8, 4) is 17.9 Å². The highest BCUT2D eigenvalue weighted by Gasteiger charge is 2.42. The van der Waals surface area contributed by atoms with Crippen LogP contribution < -0.4 is 15.2 Å². The van der Waals surface area contributed by atoms with Gasteiger partial charge in [-0.1, -0.05) is 26.0 Å². The van der Waals surface area contributed by atoms with Crippen molar-refractivity contribution in [3.05, 3.63) is 63.6 Å². The van der Waals surface area contributed by atoms with Crippen LogP contribution >= 0.6 is 0 Å². The van der Waals surface area contributed by atoms with E-state index in [0.717, 1.165) is 31.5 Å². The van der Waals surface area contributed by atoms with Crippen LogP contribution in [0.1, 0.15) is 49.6 Å². The van der Waals surface area contributed by atoms with E-state index in [1.54, 1.807) is 23.7 Å². The van der Waals surface area contributed by atoms with Crippen molar-refractivity contribution in [2.75, 3.05) is 24.6 Å². The molecule has 0 spiro atoms. The molecule has 2 aromatic heterocycles. The van der Waals surface area contributed by atoms with E-state index in [2.05, 4.69) is 46.8 Å². The lowest BCUT2D eigenvalue weighted by Crippen LogP contribution is -2.62.